The largest absolute Gasteiger partial charge is 0.456 e. The molecule has 9 heteroatoms. The molecule has 0 spiro atoms. The van der Waals surface area contributed by atoms with Crippen LogP contribution in [0, 0.1) is 0 Å². The van der Waals surface area contributed by atoms with E-state index < -0.39 is 13.4 Å². The second-order valence-corrected chi connectivity index (χ2v) is 8.79. The van der Waals surface area contributed by atoms with Crippen molar-refractivity contribution in [2.24, 2.45) is 0 Å². The molecule has 1 fully saturated rings. The highest BCUT2D eigenvalue weighted by Gasteiger charge is 2.39. The Morgan fingerprint density at radius 1 is 1.22 bits per heavy atom. The summed E-state index contributed by atoms with van der Waals surface area (Å²) in [5.41, 5.74) is 1.58. The highest BCUT2D eigenvalue weighted by molar-refractivity contribution is 7.65. The van der Waals surface area contributed by atoms with Crippen LogP contribution in [0.25, 0.3) is 0 Å². The average Bonchev–Trinajstić information content (AvgIpc) is 2.86. The molecule has 1 amide bonds. The first-order valence-electron chi connectivity index (χ1n) is 8.49. The van der Waals surface area contributed by atoms with E-state index in [-0.39, 0.29) is 6.54 Å². The number of para-hydroxylation sites is 1. The minimum atomic E-state index is -3.56. The summed E-state index contributed by atoms with van der Waals surface area (Å²) in [4.78, 5) is 11.7. The van der Waals surface area contributed by atoms with Crippen molar-refractivity contribution in [2.45, 2.75) is 12.8 Å². The zero-order valence-corrected chi connectivity index (χ0v) is 16.2. The Balaban J connectivity index is 1.97. The van der Waals surface area contributed by atoms with E-state index in [0.717, 1.165) is 12.8 Å². The lowest BCUT2D eigenvalue weighted by Gasteiger charge is -2.29. The summed E-state index contributed by atoms with van der Waals surface area (Å²) in [6.07, 6.45) is 1.45. The molecule has 144 valence electrons. The summed E-state index contributed by atoms with van der Waals surface area (Å²) < 4.78 is 27.0. The van der Waals surface area contributed by atoms with Gasteiger partial charge in [0.05, 0.1) is 18.5 Å². The molecule has 1 aliphatic heterocycles. The molecule has 0 bridgehead atoms. The molecule has 1 atom stereocenters. The second kappa shape index (κ2) is 8.87. The minimum Gasteiger partial charge on any atom is -0.456 e. The number of halogens is 1. The van der Waals surface area contributed by atoms with Gasteiger partial charge in [-0.2, -0.15) is 0 Å². The number of rotatable bonds is 5. The minimum absolute atomic E-state index is 0.247. The highest BCUT2D eigenvalue weighted by atomic mass is 35.5. The molecule has 1 aliphatic rings. The Hall–Kier alpha value is -1.89. The molecule has 0 saturated carbocycles. The normalized spacial score (nSPS) is 20.7. The summed E-state index contributed by atoms with van der Waals surface area (Å²) in [5.74, 6) is 0.254. The Labute approximate surface area is 162 Å². The van der Waals surface area contributed by atoms with Crippen molar-refractivity contribution in [1.82, 2.24) is 10.2 Å². The third-order valence-electron chi connectivity index (χ3n) is 4.11. The van der Waals surface area contributed by atoms with E-state index in [4.69, 9.17) is 26.1 Å². The van der Waals surface area contributed by atoms with Gasteiger partial charge in [-0.25, -0.2) is 10.2 Å². The monoisotopic (exact) mass is 410 g/mol. The molecule has 1 saturated heterocycles. The third-order valence-corrected chi connectivity index (χ3v) is 6.96. The molecule has 2 N–H and O–H groups in total. The van der Waals surface area contributed by atoms with Gasteiger partial charge in [0.1, 0.15) is 11.5 Å². The number of nitrogens with one attached hydrogen (secondary N) is 1. The van der Waals surface area contributed by atoms with E-state index in [9.17, 15) is 9.36 Å². The van der Waals surface area contributed by atoms with Gasteiger partial charge in [-0.05, 0) is 49.2 Å². The predicted octanol–water partition coefficient (Wildman–Crippen LogP) is 3.57. The fourth-order valence-electron chi connectivity index (χ4n) is 2.80. The number of benzene rings is 2. The van der Waals surface area contributed by atoms with E-state index in [1.807, 2.05) is 0 Å². The molecule has 2 aromatic rings. The van der Waals surface area contributed by atoms with E-state index in [1.165, 1.54) is 4.67 Å². The maximum absolute atomic E-state index is 13.8. The van der Waals surface area contributed by atoms with Crippen molar-refractivity contribution in [3.8, 4) is 11.5 Å². The van der Waals surface area contributed by atoms with Crippen LogP contribution in [-0.2, 0) is 13.9 Å². The second-order valence-electron chi connectivity index (χ2n) is 6.01. The van der Waals surface area contributed by atoms with Crippen molar-refractivity contribution in [3.63, 3.8) is 0 Å². The fraction of sp³-hybridized carbons (Fsp3) is 0.278. The van der Waals surface area contributed by atoms with Crippen LogP contribution in [0.15, 0.2) is 48.5 Å². The summed E-state index contributed by atoms with van der Waals surface area (Å²) >= 11 is 5.90. The Kier molecular flexibility index (Phi) is 6.52. The summed E-state index contributed by atoms with van der Waals surface area (Å²) in [6.45, 7) is 0.465. The first kappa shape index (κ1) is 19.9. The molecule has 0 aromatic heterocycles. The number of hydrogen-bond acceptors (Lipinski definition) is 5. The fourth-order valence-corrected chi connectivity index (χ4v) is 5.30. The molecular weight excluding hydrogens is 391 g/mol. The van der Waals surface area contributed by atoms with Crippen LogP contribution in [0.5, 0.6) is 11.5 Å². The quantitative estimate of drug-likeness (QED) is 0.445. The Bertz CT molecular complexity index is 846. The number of hydrogen-bond donors (Lipinski definition) is 2. The number of carbonyl (C=O) groups is 1. The predicted molar refractivity (Wildman–Crippen MR) is 102 cm³/mol. The van der Waals surface area contributed by atoms with Crippen LogP contribution >= 0.6 is 19.1 Å². The molecule has 2 aromatic carbocycles. The number of amides is 1. The van der Waals surface area contributed by atoms with Gasteiger partial charge in [-0.15, -0.1) is 0 Å². The van der Waals surface area contributed by atoms with Crippen LogP contribution < -0.4 is 15.5 Å². The van der Waals surface area contributed by atoms with Crippen molar-refractivity contribution in [2.75, 3.05) is 19.7 Å². The number of nitrogens with zero attached hydrogens (tertiary/aromatic N) is 1. The van der Waals surface area contributed by atoms with Gasteiger partial charge in [-0.1, -0.05) is 23.7 Å². The van der Waals surface area contributed by atoms with Gasteiger partial charge < -0.3 is 9.26 Å². The number of ether oxygens (including phenoxy) is 1. The zero-order chi connectivity index (χ0) is 19.3. The first-order valence-corrected chi connectivity index (χ1v) is 10.4. The van der Waals surface area contributed by atoms with Gasteiger partial charge in [0, 0.05) is 11.6 Å². The lowest BCUT2D eigenvalue weighted by molar-refractivity contribution is -0.129. The summed E-state index contributed by atoms with van der Waals surface area (Å²) in [7, 11) is -3.56. The maximum atomic E-state index is 13.8. The molecule has 0 aliphatic carbocycles. The standard InChI is InChI=1S/C18H20ClN2O5P/c19-14-7-9-15(10-8-14)26-16-5-1-2-6-17(16)27(24)21(13-18(22)20-23)11-3-4-12-25-27/h1-2,5-10,23H,3-4,11-13H2,(H,20,22). The van der Waals surface area contributed by atoms with Gasteiger partial charge >= 0.3 is 7.52 Å². The van der Waals surface area contributed by atoms with Crippen LogP contribution in [0.2, 0.25) is 5.02 Å². The number of hydroxylamine groups is 1. The molecular formula is C18H20ClN2O5P. The average molecular weight is 411 g/mol. The lowest BCUT2D eigenvalue weighted by atomic mass is 10.3. The SMILES string of the molecule is O=C(CN1CCCCOP1(=O)c1ccccc1Oc1ccc(Cl)cc1)NO. The molecule has 7 nitrogen and oxygen atoms in total. The number of carbonyl (C=O) groups excluding carboxylic acids is 1. The van der Waals surface area contributed by atoms with Crippen LogP contribution in [0.3, 0.4) is 0 Å². The van der Waals surface area contributed by atoms with Crippen molar-refractivity contribution in [1.29, 1.82) is 0 Å². The molecule has 3 rings (SSSR count). The van der Waals surface area contributed by atoms with Crippen LogP contribution in [0.1, 0.15) is 12.8 Å². The van der Waals surface area contributed by atoms with Crippen molar-refractivity contribution < 1.29 is 23.8 Å². The Morgan fingerprint density at radius 2 is 1.96 bits per heavy atom. The zero-order valence-electron chi connectivity index (χ0n) is 14.5. The highest BCUT2D eigenvalue weighted by Crippen LogP contribution is 2.53. The topological polar surface area (TPSA) is 88.1 Å². The van der Waals surface area contributed by atoms with E-state index in [0.29, 0.717) is 35.0 Å². The molecule has 1 unspecified atom stereocenters. The third kappa shape index (κ3) is 4.69. The lowest BCUT2D eigenvalue weighted by Crippen LogP contribution is -2.36. The summed E-state index contributed by atoms with van der Waals surface area (Å²) in [5, 5.41) is 9.80. The van der Waals surface area contributed by atoms with E-state index in [2.05, 4.69) is 0 Å². The molecule has 0 radical (unpaired) electrons. The van der Waals surface area contributed by atoms with Gasteiger partial charge in [0.2, 0.25) is 0 Å². The molecule has 1 heterocycles. The van der Waals surface area contributed by atoms with Crippen LogP contribution in [0.4, 0.5) is 0 Å². The summed E-state index contributed by atoms with van der Waals surface area (Å²) in [6, 6.07) is 13.7. The van der Waals surface area contributed by atoms with E-state index >= 15 is 0 Å². The first-order chi connectivity index (χ1) is 13.0. The van der Waals surface area contributed by atoms with Gasteiger partial charge in [0.25, 0.3) is 5.91 Å². The van der Waals surface area contributed by atoms with E-state index in [1.54, 1.807) is 54.0 Å². The van der Waals surface area contributed by atoms with Crippen molar-refractivity contribution in [3.05, 3.63) is 53.6 Å². The van der Waals surface area contributed by atoms with Gasteiger partial charge in [-0.3, -0.25) is 14.6 Å². The molecule has 27 heavy (non-hydrogen) atoms. The van der Waals surface area contributed by atoms with Crippen LogP contribution in [-0.4, -0.2) is 35.5 Å². The van der Waals surface area contributed by atoms with Crippen molar-refractivity contribution >= 4 is 30.3 Å². The van der Waals surface area contributed by atoms with Gasteiger partial charge in [0.15, 0.2) is 0 Å². The smallest absolute Gasteiger partial charge is 0.306 e. The Morgan fingerprint density at radius 3 is 2.70 bits per heavy atom. The maximum Gasteiger partial charge on any atom is 0.306 e.